The summed E-state index contributed by atoms with van der Waals surface area (Å²) < 4.78 is 55.0. The molecule has 30 heavy (non-hydrogen) atoms. The summed E-state index contributed by atoms with van der Waals surface area (Å²) in [6, 6.07) is 13.3. The maximum absolute atomic E-state index is 13.1. The summed E-state index contributed by atoms with van der Waals surface area (Å²) in [6.07, 6.45) is 0. The zero-order valence-electron chi connectivity index (χ0n) is 17.2. The van der Waals surface area contributed by atoms with Crippen LogP contribution in [0.3, 0.4) is 0 Å². The molecule has 0 N–H and O–H groups in total. The smallest absolute Gasteiger partial charge is 0.207 e. The van der Waals surface area contributed by atoms with Crippen LogP contribution in [0.4, 0.5) is 0 Å². The highest BCUT2D eigenvalue weighted by Crippen LogP contribution is 2.24. The van der Waals surface area contributed by atoms with Crippen molar-refractivity contribution in [2.45, 2.75) is 23.6 Å². The summed E-state index contributed by atoms with van der Waals surface area (Å²) in [5, 5.41) is 0. The molecular formula is C22H26N2O4S2. The Morgan fingerprint density at radius 2 is 0.867 bits per heavy atom. The minimum Gasteiger partial charge on any atom is -0.207 e. The van der Waals surface area contributed by atoms with E-state index >= 15 is 0 Å². The Bertz CT molecular complexity index is 1060. The van der Waals surface area contributed by atoms with Gasteiger partial charge in [0, 0.05) is 26.2 Å². The van der Waals surface area contributed by atoms with E-state index in [-0.39, 0.29) is 36.0 Å². The molecule has 2 aromatic carbocycles. The third-order valence-electron chi connectivity index (χ3n) is 4.92. The summed E-state index contributed by atoms with van der Waals surface area (Å²) in [4.78, 5) is 0.386. The summed E-state index contributed by atoms with van der Waals surface area (Å²) in [5.41, 5.74) is 2.92. The second kappa shape index (κ2) is 8.47. The Morgan fingerprint density at radius 3 is 1.13 bits per heavy atom. The van der Waals surface area contributed by atoms with E-state index in [9.17, 15) is 16.8 Å². The van der Waals surface area contributed by atoms with Crippen LogP contribution >= 0.6 is 0 Å². The summed E-state index contributed by atoms with van der Waals surface area (Å²) in [6.45, 7) is 11.8. The molecule has 0 unspecified atom stereocenters. The van der Waals surface area contributed by atoms with Crippen molar-refractivity contribution >= 4 is 20.0 Å². The average Bonchev–Trinajstić information content (AvgIpc) is 2.66. The third-order valence-corrected chi connectivity index (χ3v) is 8.53. The molecule has 0 amide bonds. The molecule has 1 fully saturated rings. The van der Waals surface area contributed by atoms with Crippen molar-refractivity contribution in [2.75, 3.05) is 26.2 Å². The Morgan fingerprint density at radius 1 is 0.600 bits per heavy atom. The first-order chi connectivity index (χ1) is 14.0. The van der Waals surface area contributed by atoms with Crippen molar-refractivity contribution in [2.24, 2.45) is 0 Å². The Labute approximate surface area is 179 Å². The summed E-state index contributed by atoms with van der Waals surface area (Å²) in [5.74, 6) is 0. The third kappa shape index (κ3) is 4.73. The lowest BCUT2D eigenvalue weighted by molar-refractivity contribution is 0.393. The molecule has 0 radical (unpaired) electrons. The monoisotopic (exact) mass is 446 g/mol. The number of hydrogen-bond acceptors (Lipinski definition) is 4. The molecule has 0 spiro atoms. The number of rotatable bonds is 4. The van der Waals surface area contributed by atoms with Gasteiger partial charge in [0.25, 0.3) is 0 Å². The van der Waals surface area contributed by atoms with Crippen LogP contribution in [0.5, 0.6) is 0 Å². The minimum absolute atomic E-state index is 0.0230. The van der Waals surface area contributed by atoms with Crippen molar-refractivity contribution in [3.63, 3.8) is 0 Å². The fourth-order valence-corrected chi connectivity index (χ4v) is 6.23. The lowest BCUT2D eigenvalue weighted by atomic mass is 10.2. The number of sulfonamides is 2. The van der Waals surface area contributed by atoms with Crippen molar-refractivity contribution in [1.29, 1.82) is 0 Å². The van der Waals surface area contributed by atoms with Gasteiger partial charge in [-0.25, -0.2) is 16.8 Å². The van der Waals surface area contributed by atoms with Crippen LogP contribution in [-0.2, 0) is 20.0 Å². The van der Waals surface area contributed by atoms with E-state index in [1.54, 1.807) is 48.5 Å². The van der Waals surface area contributed by atoms with Crippen LogP contribution in [0.25, 0.3) is 0 Å². The maximum atomic E-state index is 13.1. The number of benzene rings is 2. The molecule has 3 rings (SSSR count). The fraction of sp³-hybridized carbons (Fsp3) is 0.273. The minimum atomic E-state index is -3.75. The highest BCUT2D eigenvalue weighted by molar-refractivity contribution is 7.89. The largest absolute Gasteiger partial charge is 0.243 e. The summed E-state index contributed by atoms with van der Waals surface area (Å²) >= 11 is 0. The first-order valence-electron chi connectivity index (χ1n) is 9.47. The van der Waals surface area contributed by atoms with E-state index in [4.69, 9.17) is 0 Å². The molecule has 1 saturated heterocycles. The van der Waals surface area contributed by atoms with Crippen LogP contribution in [0, 0.1) is 13.8 Å². The van der Waals surface area contributed by atoms with Crippen LogP contribution in [0.2, 0.25) is 0 Å². The maximum Gasteiger partial charge on any atom is 0.243 e. The fourth-order valence-electron chi connectivity index (χ4n) is 3.27. The van der Waals surface area contributed by atoms with Crippen molar-refractivity contribution in [3.05, 3.63) is 84.0 Å². The van der Waals surface area contributed by atoms with Gasteiger partial charge in [-0.05, 0) is 49.3 Å². The van der Waals surface area contributed by atoms with E-state index < -0.39 is 20.0 Å². The first kappa shape index (κ1) is 22.4. The molecular weight excluding hydrogens is 420 g/mol. The van der Waals surface area contributed by atoms with Gasteiger partial charge in [0.2, 0.25) is 20.0 Å². The summed E-state index contributed by atoms with van der Waals surface area (Å²) in [7, 11) is -7.50. The molecule has 8 heteroatoms. The van der Waals surface area contributed by atoms with Gasteiger partial charge >= 0.3 is 0 Å². The second-order valence-electron chi connectivity index (χ2n) is 7.67. The average molecular weight is 447 g/mol. The van der Waals surface area contributed by atoms with Gasteiger partial charge in [-0.2, -0.15) is 8.61 Å². The van der Waals surface area contributed by atoms with Gasteiger partial charge in [-0.15, -0.1) is 0 Å². The zero-order valence-corrected chi connectivity index (χ0v) is 18.8. The second-order valence-corrected chi connectivity index (χ2v) is 11.5. The molecule has 160 valence electrons. The molecule has 1 aliphatic heterocycles. The van der Waals surface area contributed by atoms with Crippen LogP contribution in [-0.4, -0.2) is 51.6 Å². The van der Waals surface area contributed by atoms with E-state index in [0.29, 0.717) is 11.1 Å². The van der Waals surface area contributed by atoms with E-state index in [1.807, 2.05) is 13.8 Å². The molecule has 6 nitrogen and oxygen atoms in total. The lowest BCUT2D eigenvalue weighted by Gasteiger charge is -2.32. The van der Waals surface area contributed by atoms with Gasteiger partial charge in [-0.3, -0.25) is 0 Å². The quantitative estimate of drug-likeness (QED) is 0.677. The highest BCUT2D eigenvalue weighted by Gasteiger charge is 2.32. The standard InChI is InChI=1S/C22H26N2O4S2/c1-17-5-9-21(10-6-17)29(25,26)23-13-19(3)15-24(16-20(4)14-23)30(27,28)22-11-7-18(2)8-12-22/h5-12H,3-4,13-16H2,1-2H3. The van der Waals surface area contributed by atoms with Crippen molar-refractivity contribution in [3.8, 4) is 0 Å². The van der Waals surface area contributed by atoms with Crippen molar-refractivity contribution < 1.29 is 16.8 Å². The molecule has 2 aromatic rings. The van der Waals surface area contributed by atoms with Gasteiger partial charge in [0.05, 0.1) is 9.79 Å². The van der Waals surface area contributed by atoms with Crippen molar-refractivity contribution in [1.82, 2.24) is 8.61 Å². The van der Waals surface area contributed by atoms with E-state index in [0.717, 1.165) is 11.1 Å². The predicted molar refractivity (Wildman–Crippen MR) is 118 cm³/mol. The lowest BCUT2D eigenvalue weighted by Crippen LogP contribution is -2.43. The first-order valence-corrected chi connectivity index (χ1v) is 12.3. The predicted octanol–water partition coefficient (Wildman–Crippen LogP) is 3.11. The van der Waals surface area contributed by atoms with Gasteiger partial charge < -0.3 is 0 Å². The Balaban J connectivity index is 1.86. The molecule has 0 aliphatic carbocycles. The van der Waals surface area contributed by atoms with Crippen LogP contribution < -0.4 is 0 Å². The molecule has 0 aromatic heterocycles. The molecule has 1 heterocycles. The normalized spacial score (nSPS) is 17.5. The number of hydrogen-bond donors (Lipinski definition) is 0. The molecule has 0 bridgehead atoms. The highest BCUT2D eigenvalue weighted by atomic mass is 32.2. The Kier molecular flexibility index (Phi) is 6.33. The Hall–Kier alpha value is -2.26. The zero-order chi connectivity index (χ0) is 22.1. The SMILES string of the molecule is C=C1CN(S(=O)(=O)c2ccc(C)cc2)CC(=C)CN(S(=O)(=O)c2ccc(C)cc2)C1. The number of nitrogens with zero attached hydrogens (tertiary/aromatic N) is 2. The van der Waals surface area contributed by atoms with E-state index in [1.165, 1.54) is 8.61 Å². The molecule has 0 saturated carbocycles. The van der Waals surface area contributed by atoms with Gasteiger partial charge in [0.15, 0.2) is 0 Å². The number of aryl methyl sites for hydroxylation is 2. The molecule has 0 atom stereocenters. The topological polar surface area (TPSA) is 74.8 Å². The van der Waals surface area contributed by atoms with Gasteiger partial charge in [-0.1, -0.05) is 48.6 Å². The van der Waals surface area contributed by atoms with Gasteiger partial charge in [0.1, 0.15) is 0 Å². The van der Waals surface area contributed by atoms with E-state index in [2.05, 4.69) is 13.2 Å². The van der Waals surface area contributed by atoms with Crippen LogP contribution in [0.15, 0.2) is 82.6 Å². The van der Waals surface area contributed by atoms with Crippen LogP contribution in [0.1, 0.15) is 11.1 Å². The molecule has 1 aliphatic rings.